The first kappa shape index (κ1) is 12.6. The SMILES string of the molecule is Cc1ccc([C@@H](N)[C@@H](O)C2CCC2)c2ccccc12. The van der Waals surface area contributed by atoms with E-state index in [2.05, 4.69) is 31.2 Å². The van der Waals surface area contributed by atoms with Crippen molar-refractivity contribution in [2.45, 2.75) is 38.3 Å². The van der Waals surface area contributed by atoms with Gasteiger partial charge in [0.1, 0.15) is 0 Å². The minimum atomic E-state index is -0.417. The van der Waals surface area contributed by atoms with Gasteiger partial charge in [-0.05, 0) is 47.6 Å². The Morgan fingerprint density at radius 1 is 1.11 bits per heavy atom. The van der Waals surface area contributed by atoms with Crippen molar-refractivity contribution in [3.63, 3.8) is 0 Å². The maximum atomic E-state index is 10.4. The number of benzene rings is 2. The normalized spacial score (nSPS) is 19.1. The Balaban J connectivity index is 2.02. The van der Waals surface area contributed by atoms with Crippen molar-refractivity contribution in [1.29, 1.82) is 0 Å². The van der Waals surface area contributed by atoms with E-state index >= 15 is 0 Å². The van der Waals surface area contributed by atoms with Gasteiger partial charge in [0.2, 0.25) is 0 Å². The van der Waals surface area contributed by atoms with Crippen molar-refractivity contribution in [3.8, 4) is 0 Å². The lowest BCUT2D eigenvalue weighted by Gasteiger charge is -2.34. The molecule has 0 saturated heterocycles. The van der Waals surface area contributed by atoms with Gasteiger partial charge in [-0.1, -0.05) is 42.8 Å². The van der Waals surface area contributed by atoms with E-state index in [0.29, 0.717) is 5.92 Å². The molecular weight excluding hydrogens is 234 g/mol. The van der Waals surface area contributed by atoms with Crippen molar-refractivity contribution in [2.75, 3.05) is 0 Å². The highest BCUT2D eigenvalue weighted by molar-refractivity contribution is 5.88. The van der Waals surface area contributed by atoms with Gasteiger partial charge in [0.05, 0.1) is 12.1 Å². The fraction of sp³-hybridized carbons (Fsp3) is 0.412. The second-order valence-corrected chi connectivity index (χ2v) is 5.72. The fourth-order valence-electron chi connectivity index (χ4n) is 3.02. The minimum absolute atomic E-state index is 0.282. The maximum absolute atomic E-state index is 10.4. The Kier molecular flexibility index (Phi) is 3.29. The van der Waals surface area contributed by atoms with Crippen molar-refractivity contribution in [3.05, 3.63) is 47.5 Å². The van der Waals surface area contributed by atoms with Crippen molar-refractivity contribution < 1.29 is 5.11 Å². The van der Waals surface area contributed by atoms with Crippen LogP contribution in [-0.4, -0.2) is 11.2 Å². The van der Waals surface area contributed by atoms with Crippen LogP contribution in [0.4, 0.5) is 0 Å². The third-order valence-corrected chi connectivity index (χ3v) is 4.54. The summed E-state index contributed by atoms with van der Waals surface area (Å²) >= 11 is 0. The van der Waals surface area contributed by atoms with E-state index in [0.717, 1.165) is 18.4 Å². The molecule has 0 aromatic heterocycles. The first-order valence-corrected chi connectivity index (χ1v) is 7.10. The number of fused-ring (bicyclic) bond motifs is 1. The van der Waals surface area contributed by atoms with Crippen molar-refractivity contribution in [1.82, 2.24) is 0 Å². The minimum Gasteiger partial charge on any atom is -0.391 e. The Morgan fingerprint density at radius 2 is 1.79 bits per heavy atom. The first-order chi connectivity index (χ1) is 9.18. The van der Waals surface area contributed by atoms with Gasteiger partial charge in [-0.3, -0.25) is 0 Å². The van der Waals surface area contributed by atoms with Crippen LogP contribution in [-0.2, 0) is 0 Å². The number of rotatable bonds is 3. The molecule has 2 atom stereocenters. The molecule has 2 aromatic rings. The average molecular weight is 255 g/mol. The quantitative estimate of drug-likeness (QED) is 0.884. The Bertz CT molecular complexity index is 589. The monoisotopic (exact) mass is 255 g/mol. The second kappa shape index (κ2) is 4.95. The van der Waals surface area contributed by atoms with Gasteiger partial charge >= 0.3 is 0 Å². The molecule has 2 nitrogen and oxygen atoms in total. The highest BCUT2D eigenvalue weighted by Gasteiger charge is 2.31. The number of aliphatic hydroxyl groups excluding tert-OH is 1. The van der Waals surface area contributed by atoms with E-state index in [1.807, 2.05) is 12.1 Å². The predicted molar refractivity (Wildman–Crippen MR) is 79.0 cm³/mol. The highest BCUT2D eigenvalue weighted by atomic mass is 16.3. The van der Waals surface area contributed by atoms with E-state index in [1.165, 1.54) is 22.8 Å². The molecule has 0 amide bonds. The molecule has 1 aliphatic carbocycles. The van der Waals surface area contributed by atoms with Crippen LogP contribution < -0.4 is 5.73 Å². The zero-order valence-electron chi connectivity index (χ0n) is 11.3. The molecule has 0 heterocycles. The van der Waals surface area contributed by atoms with Gasteiger partial charge in [-0.25, -0.2) is 0 Å². The van der Waals surface area contributed by atoms with Crippen LogP contribution in [0.2, 0.25) is 0 Å². The van der Waals surface area contributed by atoms with Crippen LogP contribution in [0.5, 0.6) is 0 Å². The topological polar surface area (TPSA) is 46.2 Å². The fourth-order valence-corrected chi connectivity index (χ4v) is 3.02. The van der Waals surface area contributed by atoms with Gasteiger partial charge in [-0.2, -0.15) is 0 Å². The molecule has 3 N–H and O–H groups in total. The summed E-state index contributed by atoms with van der Waals surface area (Å²) in [5, 5.41) is 12.8. The third-order valence-electron chi connectivity index (χ3n) is 4.54. The molecule has 1 saturated carbocycles. The van der Waals surface area contributed by atoms with Gasteiger partial charge in [0.15, 0.2) is 0 Å². The number of aliphatic hydroxyl groups is 1. The summed E-state index contributed by atoms with van der Waals surface area (Å²) < 4.78 is 0. The average Bonchev–Trinajstić information content (AvgIpc) is 2.37. The Morgan fingerprint density at radius 3 is 2.42 bits per heavy atom. The molecule has 0 unspecified atom stereocenters. The largest absolute Gasteiger partial charge is 0.391 e. The number of aryl methyl sites for hydroxylation is 1. The molecule has 0 spiro atoms. The summed E-state index contributed by atoms with van der Waals surface area (Å²) in [7, 11) is 0. The first-order valence-electron chi connectivity index (χ1n) is 7.10. The second-order valence-electron chi connectivity index (χ2n) is 5.72. The molecule has 1 aliphatic rings. The predicted octanol–water partition coefficient (Wildman–Crippen LogP) is 3.31. The summed E-state index contributed by atoms with van der Waals surface area (Å²) in [5.41, 5.74) is 8.64. The Labute approximate surface area is 114 Å². The van der Waals surface area contributed by atoms with Crippen LogP contribution >= 0.6 is 0 Å². The van der Waals surface area contributed by atoms with Crippen LogP contribution in [0, 0.1) is 12.8 Å². The standard InChI is InChI=1S/C17H21NO/c1-11-9-10-15(14-8-3-2-7-13(11)14)16(18)17(19)12-5-4-6-12/h2-3,7-10,12,16-17,19H,4-6,18H2,1H3/t16-,17+/m1/s1. The van der Waals surface area contributed by atoms with Crippen LogP contribution in [0.25, 0.3) is 10.8 Å². The van der Waals surface area contributed by atoms with E-state index in [4.69, 9.17) is 5.73 Å². The van der Waals surface area contributed by atoms with Crippen LogP contribution in [0.1, 0.15) is 36.4 Å². The molecule has 0 bridgehead atoms. The third kappa shape index (κ3) is 2.15. The smallest absolute Gasteiger partial charge is 0.0761 e. The Hall–Kier alpha value is -1.38. The molecule has 3 rings (SSSR count). The summed E-state index contributed by atoms with van der Waals surface area (Å²) in [6, 6.07) is 12.2. The molecule has 2 heteroatoms. The summed E-state index contributed by atoms with van der Waals surface area (Å²) in [4.78, 5) is 0. The van der Waals surface area contributed by atoms with Gasteiger partial charge in [-0.15, -0.1) is 0 Å². The van der Waals surface area contributed by atoms with E-state index in [1.54, 1.807) is 0 Å². The molecule has 100 valence electrons. The van der Waals surface area contributed by atoms with Crippen molar-refractivity contribution in [2.24, 2.45) is 11.7 Å². The number of hydrogen-bond acceptors (Lipinski definition) is 2. The molecule has 19 heavy (non-hydrogen) atoms. The lowest BCUT2D eigenvalue weighted by molar-refractivity contribution is 0.0417. The summed E-state index contributed by atoms with van der Waals surface area (Å²) in [6.07, 6.45) is 3.03. The summed E-state index contributed by atoms with van der Waals surface area (Å²) in [6.45, 7) is 2.11. The van der Waals surface area contributed by atoms with E-state index < -0.39 is 6.10 Å². The van der Waals surface area contributed by atoms with Gasteiger partial charge < -0.3 is 10.8 Å². The molecule has 2 aromatic carbocycles. The van der Waals surface area contributed by atoms with E-state index in [-0.39, 0.29) is 6.04 Å². The molecular formula is C17H21NO. The number of hydrogen-bond donors (Lipinski definition) is 2. The maximum Gasteiger partial charge on any atom is 0.0761 e. The van der Waals surface area contributed by atoms with Crippen LogP contribution in [0.15, 0.2) is 36.4 Å². The lowest BCUT2D eigenvalue weighted by atomic mass is 9.77. The van der Waals surface area contributed by atoms with E-state index in [9.17, 15) is 5.11 Å². The zero-order chi connectivity index (χ0) is 13.4. The lowest BCUT2D eigenvalue weighted by Crippen LogP contribution is -2.36. The highest BCUT2D eigenvalue weighted by Crippen LogP contribution is 2.36. The number of nitrogens with two attached hydrogens (primary N) is 1. The zero-order valence-corrected chi connectivity index (χ0v) is 11.3. The van der Waals surface area contributed by atoms with Crippen molar-refractivity contribution >= 4 is 10.8 Å². The molecule has 0 radical (unpaired) electrons. The van der Waals surface area contributed by atoms with Crippen LogP contribution in [0.3, 0.4) is 0 Å². The molecule has 0 aliphatic heterocycles. The van der Waals surface area contributed by atoms with Gasteiger partial charge in [0.25, 0.3) is 0 Å². The van der Waals surface area contributed by atoms with Gasteiger partial charge in [0, 0.05) is 0 Å². The summed E-state index contributed by atoms with van der Waals surface area (Å²) in [5.74, 6) is 0.384. The molecule has 1 fully saturated rings.